The van der Waals surface area contributed by atoms with Crippen LogP contribution in [0, 0.1) is 0 Å². The number of ether oxygens (including phenoxy) is 1. The third kappa shape index (κ3) is 4.13. The largest absolute Gasteiger partial charge is 0.448 e. The predicted molar refractivity (Wildman–Crippen MR) is 75.7 cm³/mol. The fraction of sp³-hybridized carbons (Fsp3) is 0.429. The Morgan fingerprint density at radius 2 is 2.20 bits per heavy atom. The van der Waals surface area contributed by atoms with Crippen molar-refractivity contribution in [3.05, 3.63) is 34.9 Å². The highest BCUT2D eigenvalue weighted by atomic mass is 35.5. The first-order chi connectivity index (χ1) is 9.66. The van der Waals surface area contributed by atoms with E-state index in [1.807, 2.05) is 18.2 Å². The summed E-state index contributed by atoms with van der Waals surface area (Å²) in [6.07, 6.45) is 0.710. The Bertz CT molecular complexity index is 493. The molecule has 0 unspecified atom stereocenters. The molecule has 0 bridgehead atoms. The maximum Gasteiger partial charge on any atom is 0.409 e. The summed E-state index contributed by atoms with van der Waals surface area (Å²) in [6, 6.07) is 7.29. The lowest BCUT2D eigenvalue weighted by Crippen LogP contribution is -2.31. The van der Waals surface area contributed by atoms with Gasteiger partial charge in [0.05, 0.1) is 13.0 Å². The fourth-order valence-corrected chi connectivity index (χ4v) is 2.21. The number of hydrogen-bond donors (Lipinski definition) is 1. The predicted octanol–water partition coefficient (Wildman–Crippen LogP) is 1.84. The van der Waals surface area contributed by atoms with Crippen molar-refractivity contribution in [1.82, 2.24) is 10.2 Å². The average molecular weight is 297 g/mol. The summed E-state index contributed by atoms with van der Waals surface area (Å²) >= 11 is 5.99. The van der Waals surface area contributed by atoms with Crippen LogP contribution in [0.2, 0.25) is 5.02 Å². The number of cyclic esters (lactones) is 1. The number of hydrogen-bond acceptors (Lipinski definition) is 3. The highest BCUT2D eigenvalue weighted by Gasteiger charge is 2.20. The van der Waals surface area contributed by atoms with Crippen LogP contribution in [0.5, 0.6) is 0 Å². The van der Waals surface area contributed by atoms with Gasteiger partial charge in [-0.05, 0) is 18.1 Å². The van der Waals surface area contributed by atoms with Crippen LogP contribution in [0.1, 0.15) is 12.0 Å². The second kappa shape index (κ2) is 7.14. The lowest BCUT2D eigenvalue weighted by atomic mass is 10.1. The molecule has 1 heterocycles. The van der Waals surface area contributed by atoms with Crippen molar-refractivity contribution in [3.8, 4) is 0 Å². The van der Waals surface area contributed by atoms with Gasteiger partial charge in [0.15, 0.2) is 0 Å². The number of carbonyl (C=O) groups excluding carboxylic acids is 2. The van der Waals surface area contributed by atoms with E-state index in [1.165, 1.54) is 0 Å². The van der Waals surface area contributed by atoms with E-state index >= 15 is 0 Å². The van der Waals surface area contributed by atoms with Crippen molar-refractivity contribution in [3.63, 3.8) is 0 Å². The molecule has 6 heteroatoms. The second-order valence-corrected chi connectivity index (χ2v) is 4.98. The van der Waals surface area contributed by atoms with E-state index in [9.17, 15) is 9.59 Å². The molecular formula is C14H17ClN2O3. The van der Waals surface area contributed by atoms with Gasteiger partial charge in [-0.3, -0.25) is 4.79 Å². The number of carbonyl (C=O) groups is 2. The van der Waals surface area contributed by atoms with Crippen molar-refractivity contribution < 1.29 is 14.3 Å². The number of benzene rings is 1. The van der Waals surface area contributed by atoms with Crippen molar-refractivity contribution in [2.24, 2.45) is 0 Å². The molecule has 0 aliphatic carbocycles. The van der Waals surface area contributed by atoms with Crippen LogP contribution in [0.25, 0.3) is 0 Å². The van der Waals surface area contributed by atoms with Crippen LogP contribution in [-0.2, 0) is 16.0 Å². The quantitative estimate of drug-likeness (QED) is 0.815. The number of rotatable bonds is 6. The Labute approximate surface area is 122 Å². The zero-order valence-electron chi connectivity index (χ0n) is 11.1. The molecule has 0 aromatic heterocycles. The highest BCUT2D eigenvalue weighted by Crippen LogP contribution is 2.15. The minimum absolute atomic E-state index is 0.0675. The van der Waals surface area contributed by atoms with Crippen molar-refractivity contribution in [2.45, 2.75) is 12.8 Å². The van der Waals surface area contributed by atoms with Crippen LogP contribution >= 0.6 is 11.6 Å². The zero-order chi connectivity index (χ0) is 14.4. The lowest BCUT2D eigenvalue weighted by molar-refractivity contribution is -0.120. The maximum atomic E-state index is 11.8. The molecule has 0 spiro atoms. The molecule has 108 valence electrons. The fourth-order valence-electron chi connectivity index (χ4n) is 2.00. The molecule has 1 aliphatic heterocycles. The molecule has 1 saturated heterocycles. The lowest BCUT2D eigenvalue weighted by Gasteiger charge is -2.12. The summed E-state index contributed by atoms with van der Waals surface area (Å²) < 4.78 is 4.82. The van der Waals surface area contributed by atoms with Crippen LogP contribution in [0.15, 0.2) is 24.3 Å². The second-order valence-electron chi connectivity index (χ2n) is 4.57. The van der Waals surface area contributed by atoms with Gasteiger partial charge in [0.2, 0.25) is 5.91 Å². The van der Waals surface area contributed by atoms with Crippen LogP contribution in [0.3, 0.4) is 0 Å². The van der Waals surface area contributed by atoms with Gasteiger partial charge in [0, 0.05) is 18.1 Å². The van der Waals surface area contributed by atoms with Gasteiger partial charge in [0.1, 0.15) is 6.61 Å². The first-order valence-corrected chi connectivity index (χ1v) is 6.96. The minimum Gasteiger partial charge on any atom is -0.448 e. The van der Waals surface area contributed by atoms with Crippen molar-refractivity contribution >= 4 is 23.6 Å². The topological polar surface area (TPSA) is 58.6 Å². The van der Waals surface area contributed by atoms with Gasteiger partial charge in [-0.2, -0.15) is 0 Å². The maximum absolute atomic E-state index is 11.8. The minimum atomic E-state index is -0.271. The third-order valence-corrected chi connectivity index (χ3v) is 3.45. The Kier molecular flexibility index (Phi) is 5.24. The summed E-state index contributed by atoms with van der Waals surface area (Å²) in [5.41, 5.74) is 0.815. The molecule has 1 aliphatic rings. The first-order valence-electron chi connectivity index (χ1n) is 6.58. The molecule has 5 nitrogen and oxygen atoms in total. The van der Waals surface area contributed by atoms with Crippen LogP contribution in [-0.4, -0.2) is 43.1 Å². The standard InChI is InChI=1S/C14H17ClN2O3/c15-12-5-2-1-4-11(12)10-13(18)16-6-3-7-17-8-9-20-14(17)19/h1-2,4-5H,3,6-10H2,(H,16,18). The smallest absolute Gasteiger partial charge is 0.409 e. The van der Waals surface area contributed by atoms with Gasteiger partial charge < -0.3 is 15.0 Å². The normalized spacial score (nSPS) is 14.2. The monoisotopic (exact) mass is 296 g/mol. The van der Waals surface area contributed by atoms with Crippen molar-refractivity contribution in [2.75, 3.05) is 26.2 Å². The molecule has 1 fully saturated rings. The van der Waals surface area contributed by atoms with Gasteiger partial charge >= 0.3 is 6.09 Å². The molecule has 1 N–H and O–H groups in total. The highest BCUT2D eigenvalue weighted by molar-refractivity contribution is 6.31. The number of halogens is 1. The molecule has 1 aromatic carbocycles. The van der Waals surface area contributed by atoms with E-state index in [2.05, 4.69) is 5.32 Å². The summed E-state index contributed by atoms with van der Waals surface area (Å²) in [6.45, 7) is 2.22. The zero-order valence-corrected chi connectivity index (χ0v) is 11.9. The first kappa shape index (κ1) is 14.7. The van der Waals surface area contributed by atoms with Gasteiger partial charge in [-0.1, -0.05) is 29.8 Å². The Balaban J connectivity index is 1.65. The Hall–Kier alpha value is -1.75. The summed E-state index contributed by atoms with van der Waals surface area (Å²) in [4.78, 5) is 24.6. The van der Waals surface area contributed by atoms with E-state index in [0.717, 1.165) is 5.56 Å². The molecule has 20 heavy (non-hydrogen) atoms. The van der Waals surface area contributed by atoms with Gasteiger partial charge in [0.25, 0.3) is 0 Å². The molecule has 0 atom stereocenters. The SMILES string of the molecule is O=C(Cc1ccccc1Cl)NCCCN1CCOC1=O. The van der Waals surface area contributed by atoms with Crippen LogP contribution < -0.4 is 5.32 Å². The average Bonchev–Trinajstić information content (AvgIpc) is 2.83. The molecular weight excluding hydrogens is 280 g/mol. The summed E-state index contributed by atoms with van der Waals surface area (Å²) in [5, 5.41) is 3.42. The van der Waals surface area contributed by atoms with E-state index in [0.29, 0.717) is 37.7 Å². The van der Waals surface area contributed by atoms with Crippen molar-refractivity contribution in [1.29, 1.82) is 0 Å². The van der Waals surface area contributed by atoms with E-state index in [1.54, 1.807) is 11.0 Å². The van der Waals surface area contributed by atoms with Crippen LogP contribution in [0.4, 0.5) is 4.79 Å². The van der Waals surface area contributed by atoms with Gasteiger partial charge in [-0.15, -0.1) is 0 Å². The molecule has 1 aromatic rings. The number of nitrogens with zero attached hydrogens (tertiary/aromatic N) is 1. The molecule has 2 rings (SSSR count). The summed E-state index contributed by atoms with van der Waals surface area (Å²) in [7, 11) is 0. The third-order valence-electron chi connectivity index (χ3n) is 3.08. The van der Waals surface area contributed by atoms with E-state index < -0.39 is 0 Å². The van der Waals surface area contributed by atoms with E-state index in [4.69, 9.17) is 16.3 Å². The molecule has 0 radical (unpaired) electrons. The Morgan fingerprint density at radius 1 is 1.40 bits per heavy atom. The Morgan fingerprint density at radius 3 is 2.90 bits per heavy atom. The molecule has 2 amide bonds. The molecule has 0 saturated carbocycles. The van der Waals surface area contributed by atoms with E-state index in [-0.39, 0.29) is 18.4 Å². The number of nitrogens with one attached hydrogen (secondary N) is 1. The van der Waals surface area contributed by atoms with Gasteiger partial charge in [-0.25, -0.2) is 4.79 Å². The number of amides is 2. The summed E-state index contributed by atoms with van der Waals surface area (Å²) in [5.74, 6) is -0.0675.